The molecular formula is C26H31N3O2. The molecule has 2 N–H and O–H groups in total. The molecule has 5 heteroatoms. The fraction of sp³-hybridized carbons (Fsp3) is 0.385. The lowest BCUT2D eigenvalue weighted by atomic mass is 10.0. The number of carbonyl (C=O) groups excluding carboxylic acids is 2. The van der Waals surface area contributed by atoms with Crippen molar-refractivity contribution in [2.45, 2.75) is 50.6 Å². The average molecular weight is 418 g/mol. The summed E-state index contributed by atoms with van der Waals surface area (Å²) in [5, 5.41) is 6.47. The molecule has 2 aromatic carbocycles. The van der Waals surface area contributed by atoms with Gasteiger partial charge in [0.05, 0.1) is 6.04 Å². The number of carbonyl (C=O) groups is 2. The van der Waals surface area contributed by atoms with Gasteiger partial charge in [0.1, 0.15) is 0 Å². The molecule has 2 aliphatic heterocycles. The van der Waals surface area contributed by atoms with E-state index in [2.05, 4.69) is 28.8 Å². The van der Waals surface area contributed by atoms with Gasteiger partial charge in [0, 0.05) is 24.4 Å². The zero-order valence-corrected chi connectivity index (χ0v) is 17.9. The number of fused-ring (bicyclic) bond motifs is 1. The quantitative estimate of drug-likeness (QED) is 0.679. The Morgan fingerprint density at radius 3 is 2.71 bits per heavy atom. The summed E-state index contributed by atoms with van der Waals surface area (Å²) in [6, 6.07) is 18.0. The number of nitrogens with zero attached hydrogens (tertiary/aromatic N) is 1. The van der Waals surface area contributed by atoms with Crippen LogP contribution in [0.1, 0.15) is 36.8 Å². The topological polar surface area (TPSA) is 61.4 Å². The van der Waals surface area contributed by atoms with Gasteiger partial charge in [-0.05, 0) is 55.8 Å². The highest BCUT2D eigenvalue weighted by molar-refractivity contribution is 6.03. The first-order valence-electron chi connectivity index (χ1n) is 11.4. The van der Waals surface area contributed by atoms with E-state index in [1.54, 1.807) is 6.08 Å². The van der Waals surface area contributed by atoms with Crippen LogP contribution >= 0.6 is 0 Å². The molecule has 1 fully saturated rings. The second-order valence-electron chi connectivity index (χ2n) is 8.37. The van der Waals surface area contributed by atoms with Crippen molar-refractivity contribution in [1.82, 2.24) is 10.6 Å². The van der Waals surface area contributed by atoms with Gasteiger partial charge in [0.25, 0.3) is 5.91 Å². The molecule has 2 aliphatic rings. The Hall–Kier alpha value is -2.92. The number of aryl methyl sites for hydroxylation is 1. The van der Waals surface area contributed by atoms with Crippen LogP contribution in [0.2, 0.25) is 0 Å². The molecule has 0 unspecified atom stereocenters. The van der Waals surface area contributed by atoms with Crippen molar-refractivity contribution < 1.29 is 9.59 Å². The van der Waals surface area contributed by atoms with Crippen molar-refractivity contribution in [3.63, 3.8) is 0 Å². The molecule has 4 rings (SSSR count). The molecule has 0 saturated carbocycles. The van der Waals surface area contributed by atoms with Crippen LogP contribution in [0.3, 0.4) is 0 Å². The summed E-state index contributed by atoms with van der Waals surface area (Å²) in [6.45, 7) is 1.59. The van der Waals surface area contributed by atoms with E-state index >= 15 is 0 Å². The summed E-state index contributed by atoms with van der Waals surface area (Å²) in [5.74, 6) is 0.00100. The average Bonchev–Trinajstić information content (AvgIpc) is 3.26. The van der Waals surface area contributed by atoms with Crippen LogP contribution in [0.4, 0.5) is 5.69 Å². The van der Waals surface area contributed by atoms with E-state index in [0.717, 1.165) is 50.8 Å². The molecule has 0 aromatic heterocycles. The maximum absolute atomic E-state index is 12.9. The molecule has 2 amide bonds. The van der Waals surface area contributed by atoms with E-state index in [4.69, 9.17) is 0 Å². The third-order valence-electron chi connectivity index (χ3n) is 6.17. The van der Waals surface area contributed by atoms with Crippen molar-refractivity contribution in [2.75, 3.05) is 18.0 Å². The Balaban J connectivity index is 1.42. The second kappa shape index (κ2) is 10.4. The van der Waals surface area contributed by atoms with Crippen molar-refractivity contribution >= 4 is 17.5 Å². The molecule has 162 valence electrons. The molecule has 2 atom stereocenters. The number of hydrogen-bond donors (Lipinski definition) is 2. The van der Waals surface area contributed by atoms with E-state index < -0.39 is 0 Å². The van der Waals surface area contributed by atoms with E-state index in [1.165, 1.54) is 11.1 Å². The Labute approximate surface area is 184 Å². The second-order valence-corrected chi connectivity index (χ2v) is 8.37. The van der Waals surface area contributed by atoms with Gasteiger partial charge in [-0.1, -0.05) is 61.0 Å². The summed E-state index contributed by atoms with van der Waals surface area (Å²) in [4.78, 5) is 27.5. The lowest BCUT2D eigenvalue weighted by Crippen LogP contribution is -2.49. The number of para-hydroxylation sites is 1. The summed E-state index contributed by atoms with van der Waals surface area (Å²) in [5.41, 5.74) is 3.43. The van der Waals surface area contributed by atoms with Crippen LogP contribution in [0.15, 0.2) is 66.7 Å². The zero-order valence-electron chi connectivity index (χ0n) is 17.9. The van der Waals surface area contributed by atoms with Gasteiger partial charge in [-0.25, -0.2) is 0 Å². The SMILES string of the molecule is O=C(N[C@H](C=CC(=O)N1CCc2ccccc21)CCc1ccccc1)[C@@H]1CCCCN1. The van der Waals surface area contributed by atoms with E-state index in [-0.39, 0.29) is 23.9 Å². The van der Waals surface area contributed by atoms with Crippen LogP contribution in [-0.2, 0) is 22.4 Å². The Bertz CT molecular complexity index is 919. The first kappa shape index (κ1) is 21.3. The first-order valence-corrected chi connectivity index (χ1v) is 11.4. The number of benzene rings is 2. The van der Waals surface area contributed by atoms with Crippen LogP contribution < -0.4 is 15.5 Å². The van der Waals surface area contributed by atoms with Gasteiger partial charge in [-0.15, -0.1) is 0 Å². The van der Waals surface area contributed by atoms with Crippen LogP contribution in [0, 0.1) is 0 Å². The largest absolute Gasteiger partial charge is 0.349 e. The molecule has 0 radical (unpaired) electrons. The number of rotatable bonds is 7. The van der Waals surface area contributed by atoms with Crippen molar-refractivity contribution in [3.05, 3.63) is 77.9 Å². The van der Waals surface area contributed by atoms with Gasteiger partial charge in [-0.2, -0.15) is 0 Å². The normalized spacial score (nSPS) is 19.2. The molecule has 0 aliphatic carbocycles. The van der Waals surface area contributed by atoms with Gasteiger partial charge in [-0.3, -0.25) is 9.59 Å². The highest BCUT2D eigenvalue weighted by Crippen LogP contribution is 2.27. The monoisotopic (exact) mass is 417 g/mol. The minimum atomic E-state index is -0.182. The third-order valence-corrected chi connectivity index (χ3v) is 6.17. The molecule has 2 aromatic rings. The van der Waals surface area contributed by atoms with E-state index in [0.29, 0.717) is 6.54 Å². The van der Waals surface area contributed by atoms with Crippen molar-refractivity contribution in [2.24, 2.45) is 0 Å². The van der Waals surface area contributed by atoms with E-state index in [9.17, 15) is 9.59 Å². The third kappa shape index (κ3) is 5.61. The van der Waals surface area contributed by atoms with E-state index in [1.807, 2.05) is 47.4 Å². The number of nitrogens with one attached hydrogen (secondary N) is 2. The molecule has 31 heavy (non-hydrogen) atoms. The Morgan fingerprint density at radius 2 is 1.90 bits per heavy atom. The smallest absolute Gasteiger partial charge is 0.250 e. The summed E-state index contributed by atoms with van der Waals surface area (Å²) >= 11 is 0. The predicted molar refractivity (Wildman–Crippen MR) is 124 cm³/mol. The number of piperidine rings is 1. The van der Waals surface area contributed by atoms with Crippen molar-refractivity contribution in [1.29, 1.82) is 0 Å². The molecule has 0 bridgehead atoms. The van der Waals surface area contributed by atoms with Gasteiger partial charge < -0.3 is 15.5 Å². The van der Waals surface area contributed by atoms with Gasteiger partial charge in [0.2, 0.25) is 5.91 Å². The number of amides is 2. The summed E-state index contributed by atoms with van der Waals surface area (Å²) < 4.78 is 0. The Kier molecular flexibility index (Phi) is 7.15. The van der Waals surface area contributed by atoms with Crippen LogP contribution in [-0.4, -0.2) is 37.0 Å². The highest BCUT2D eigenvalue weighted by atomic mass is 16.2. The first-order chi connectivity index (χ1) is 15.2. The maximum atomic E-state index is 12.9. The Morgan fingerprint density at radius 1 is 1.10 bits per heavy atom. The molecule has 1 saturated heterocycles. The minimum absolute atomic E-state index is 0.0281. The minimum Gasteiger partial charge on any atom is -0.349 e. The van der Waals surface area contributed by atoms with Crippen molar-refractivity contribution in [3.8, 4) is 0 Å². The standard InChI is InChI=1S/C26H31N3O2/c30-25(29-19-17-21-10-4-5-12-24(21)29)16-15-22(14-13-20-8-2-1-3-9-20)28-26(31)23-11-6-7-18-27-23/h1-5,8-10,12,15-16,22-23,27H,6-7,11,13-14,17-19H2,(H,28,31)/t22-,23-/m0/s1. The predicted octanol–water partition coefficient (Wildman–Crippen LogP) is 3.39. The fourth-order valence-corrected chi connectivity index (χ4v) is 4.40. The molecular weight excluding hydrogens is 386 g/mol. The molecule has 5 nitrogen and oxygen atoms in total. The molecule has 2 heterocycles. The fourth-order valence-electron chi connectivity index (χ4n) is 4.40. The lowest BCUT2D eigenvalue weighted by Gasteiger charge is -2.25. The van der Waals surface area contributed by atoms with Gasteiger partial charge in [0.15, 0.2) is 0 Å². The maximum Gasteiger partial charge on any atom is 0.250 e. The van der Waals surface area contributed by atoms with Crippen LogP contribution in [0.5, 0.6) is 0 Å². The zero-order chi connectivity index (χ0) is 21.5. The van der Waals surface area contributed by atoms with Gasteiger partial charge >= 0.3 is 0 Å². The number of anilines is 1. The summed E-state index contributed by atoms with van der Waals surface area (Å²) in [7, 11) is 0. The molecule has 0 spiro atoms. The lowest BCUT2D eigenvalue weighted by molar-refractivity contribution is -0.124. The number of hydrogen-bond acceptors (Lipinski definition) is 3. The van der Waals surface area contributed by atoms with Crippen LogP contribution in [0.25, 0.3) is 0 Å². The summed E-state index contributed by atoms with van der Waals surface area (Å²) in [6.07, 6.45) is 9.04. The highest BCUT2D eigenvalue weighted by Gasteiger charge is 2.24.